The lowest BCUT2D eigenvalue weighted by Gasteiger charge is -2.22. The highest BCUT2D eigenvalue weighted by atomic mass is 32.2. The van der Waals surface area contributed by atoms with Crippen LogP contribution in [0.4, 0.5) is 0 Å². The van der Waals surface area contributed by atoms with Gasteiger partial charge in [0.05, 0.1) is 5.60 Å². The molecule has 102 valence electrons. The van der Waals surface area contributed by atoms with Crippen LogP contribution in [0.3, 0.4) is 0 Å². The number of carbonyl (C=O) groups excluding carboxylic acids is 1. The van der Waals surface area contributed by atoms with E-state index in [1.807, 2.05) is 12.3 Å². The van der Waals surface area contributed by atoms with E-state index in [1.165, 1.54) is 4.88 Å². The van der Waals surface area contributed by atoms with Crippen LogP contribution in [-0.4, -0.2) is 35.2 Å². The molecule has 0 aromatic carbocycles. The summed E-state index contributed by atoms with van der Waals surface area (Å²) in [5, 5.41) is 14.7. The van der Waals surface area contributed by atoms with Gasteiger partial charge in [0.2, 0.25) is 5.91 Å². The van der Waals surface area contributed by atoms with Crippen molar-refractivity contribution >= 4 is 29.0 Å². The van der Waals surface area contributed by atoms with Crippen LogP contribution in [0.25, 0.3) is 0 Å². The summed E-state index contributed by atoms with van der Waals surface area (Å²) in [6.07, 6.45) is 4.27. The van der Waals surface area contributed by atoms with E-state index in [4.69, 9.17) is 0 Å². The third-order valence-corrected chi connectivity index (χ3v) is 4.38. The molecular weight excluding hydrogens is 266 g/mol. The molecule has 0 radical (unpaired) electrons. The number of nitrogens with one attached hydrogen (secondary N) is 1. The van der Waals surface area contributed by atoms with E-state index in [1.54, 1.807) is 30.0 Å². The number of aliphatic hydroxyl groups is 1. The molecule has 0 spiro atoms. The molecular formula is C13H21NO2S2. The van der Waals surface area contributed by atoms with Crippen molar-refractivity contribution in [3.63, 3.8) is 0 Å². The van der Waals surface area contributed by atoms with Crippen LogP contribution in [0.1, 0.15) is 24.6 Å². The molecule has 1 aromatic rings. The molecule has 18 heavy (non-hydrogen) atoms. The summed E-state index contributed by atoms with van der Waals surface area (Å²) in [5.41, 5.74) is -0.817. The summed E-state index contributed by atoms with van der Waals surface area (Å²) >= 11 is 3.30. The largest absolute Gasteiger partial charge is 0.387 e. The van der Waals surface area contributed by atoms with E-state index >= 15 is 0 Å². The number of carbonyl (C=O) groups is 1. The van der Waals surface area contributed by atoms with Crippen molar-refractivity contribution in [2.75, 3.05) is 18.6 Å². The Morgan fingerprint density at radius 3 is 3.00 bits per heavy atom. The average molecular weight is 287 g/mol. The number of rotatable bonds is 8. The molecule has 0 aliphatic rings. The molecule has 1 atom stereocenters. The Labute approximate surface area is 117 Å². The van der Waals surface area contributed by atoms with Crippen LogP contribution < -0.4 is 5.32 Å². The number of thiophene rings is 1. The molecule has 0 aliphatic heterocycles. The zero-order chi connectivity index (χ0) is 13.4. The Morgan fingerprint density at radius 1 is 1.61 bits per heavy atom. The topological polar surface area (TPSA) is 49.3 Å². The Hall–Kier alpha value is -0.520. The predicted octanol–water partition coefficient (Wildman–Crippen LogP) is 2.30. The average Bonchev–Trinajstić information content (AvgIpc) is 2.79. The van der Waals surface area contributed by atoms with Gasteiger partial charge in [-0.25, -0.2) is 0 Å². The highest BCUT2D eigenvalue weighted by Crippen LogP contribution is 2.12. The summed E-state index contributed by atoms with van der Waals surface area (Å²) in [4.78, 5) is 12.9. The van der Waals surface area contributed by atoms with Gasteiger partial charge in [0.1, 0.15) is 0 Å². The first-order valence-corrected chi connectivity index (χ1v) is 8.31. The van der Waals surface area contributed by atoms with Gasteiger partial charge < -0.3 is 10.4 Å². The maximum Gasteiger partial charge on any atom is 0.220 e. The molecule has 1 rings (SSSR count). The van der Waals surface area contributed by atoms with E-state index in [0.29, 0.717) is 18.7 Å². The molecule has 1 amide bonds. The number of hydrogen-bond donors (Lipinski definition) is 2. The molecule has 0 bridgehead atoms. The first-order valence-electron chi connectivity index (χ1n) is 6.04. The Morgan fingerprint density at radius 2 is 2.39 bits per heavy atom. The van der Waals surface area contributed by atoms with Gasteiger partial charge in [-0.2, -0.15) is 11.8 Å². The van der Waals surface area contributed by atoms with Crippen molar-refractivity contribution in [2.24, 2.45) is 0 Å². The molecule has 0 aliphatic carbocycles. The molecule has 1 heterocycles. The summed E-state index contributed by atoms with van der Waals surface area (Å²) in [6.45, 7) is 2.07. The molecule has 2 N–H and O–H groups in total. The lowest BCUT2D eigenvalue weighted by atomic mass is 10.1. The van der Waals surface area contributed by atoms with E-state index in [9.17, 15) is 9.90 Å². The van der Waals surface area contributed by atoms with Crippen LogP contribution in [0.5, 0.6) is 0 Å². The second-order valence-electron chi connectivity index (χ2n) is 4.64. The van der Waals surface area contributed by atoms with Gasteiger partial charge in [-0.1, -0.05) is 6.07 Å². The van der Waals surface area contributed by atoms with Crippen LogP contribution in [0, 0.1) is 0 Å². The fourth-order valence-corrected chi connectivity index (χ4v) is 3.09. The molecule has 1 aromatic heterocycles. The van der Waals surface area contributed by atoms with Crippen LogP contribution in [0.2, 0.25) is 0 Å². The minimum atomic E-state index is -0.817. The smallest absolute Gasteiger partial charge is 0.220 e. The Bertz CT molecular complexity index is 350. The van der Waals surface area contributed by atoms with E-state index in [-0.39, 0.29) is 5.91 Å². The Balaban J connectivity index is 2.14. The fourth-order valence-electron chi connectivity index (χ4n) is 1.62. The second-order valence-corrected chi connectivity index (χ2v) is 6.54. The van der Waals surface area contributed by atoms with Crippen molar-refractivity contribution in [2.45, 2.75) is 31.8 Å². The van der Waals surface area contributed by atoms with Gasteiger partial charge in [-0.05, 0) is 37.5 Å². The normalized spacial score (nSPS) is 14.2. The quantitative estimate of drug-likeness (QED) is 0.771. The van der Waals surface area contributed by atoms with E-state index < -0.39 is 5.60 Å². The zero-order valence-corrected chi connectivity index (χ0v) is 12.6. The third-order valence-electron chi connectivity index (χ3n) is 2.53. The maximum absolute atomic E-state index is 11.6. The maximum atomic E-state index is 11.6. The van der Waals surface area contributed by atoms with Crippen molar-refractivity contribution in [3.8, 4) is 0 Å². The second kappa shape index (κ2) is 7.81. The standard InChI is InChI=1S/C13H21NO2S2/c1-13(16,10-17-2)9-14-12(15)7-3-5-11-6-4-8-18-11/h4,6,8,16H,3,5,7,9-10H2,1-2H3,(H,14,15). The number of amides is 1. The fraction of sp³-hybridized carbons (Fsp3) is 0.615. The number of aryl methyl sites for hydroxylation is 1. The van der Waals surface area contributed by atoms with Gasteiger partial charge in [-0.15, -0.1) is 11.3 Å². The molecule has 1 unspecified atom stereocenters. The molecule has 0 saturated carbocycles. The highest BCUT2D eigenvalue weighted by molar-refractivity contribution is 7.98. The highest BCUT2D eigenvalue weighted by Gasteiger charge is 2.20. The minimum absolute atomic E-state index is 0.0212. The number of thioether (sulfide) groups is 1. The first-order chi connectivity index (χ1) is 8.53. The van der Waals surface area contributed by atoms with Gasteiger partial charge >= 0.3 is 0 Å². The van der Waals surface area contributed by atoms with E-state index in [2.05, 4.69) is 16.8 Å². The van der Waals surface area contributed by atoms with Crippen molar-refractivity contribution in [3.05, 3.63) is 22.4 Å². The summed E-state index contributed by atoms with van der Waals surface area (Å²) in [7, 11) is 0. The van der Waals surface area contributed by atoms with Crippen LogP contribution in [0.15, 0.2) is 17.5 Å². The molecule has 0 fully saturated rings. The van der Waals surface area contributed by atoms with Gasteiger partial charge in [0.15, 0.2) is 0 Å². The SMILES string of the molecule is CSCC(C)(O)CNC(=O)CCCc1cccs1. The molecule has 3 nitrogen and oxygen atoms in total. The van der Waals surface area contributed by atoms with Crippen molar-refractivity contribution in [1.82, 2.24) is 5.32 Å². The van der Waals surface area contributed by atoms with E-state index in [0.717, 1.165) is 12.8 Å². The van der Waals surface area contributed by atoms with Gasteiger partial charge in [0.25, 0.3) is 0 Å². The lowest BCUT2D eigenvalue weighted by molar-refractivity contribution is -0.122. The van der Waals surface area contributed by atoms with Gasteiger partial charge in [-0.3, -0.25) is 4.79 Å². The van der Waals surface area contributed by atoms with Crippen LogP contribution >= 0.6 is 23.1 Å². The number of hydrogen-bond acceptors (Lipinski definition) is 4. The third kappa shape index (κ3) is 6.42. The summed E-state index contributed by atoms with van der Waals surface area (Å²) in [6, 6.07) is 4.12. The Kier molecular flexibility index (Phi) is 6.75. The predicted molar refractivity (Wildman–Crippen MR) is 79.3 cm³/mol. The molecule has 5 heteroatoms. The zero-order valence-electron chi connectivity index (χ0n) is 10.9. The molecule has 0 saturated heterocycles. The minimum Gasteiger partial charge on any atom is -0.387 e. The van der Waals surface area contributed by atoms with Gasteiger partial charge in [0, 0.05) is 23.6 Å². The lowest BCUT2D eigenvalue weighted by Crippen LogP contribution is -2.42. The van der Waals surface area contributed by atoms with Crippen molar-refractivity contribution < 1.29 is 9.90 Å². The van der Waals surface area contributed by atoms with Crippen LogP contribution in [-0.2, 0) is 11.2 Å². The summed E-state index contributed by atoms with van der Waals surface area (Å²) < 4.78 is 0. The monoisotopic (exact) mass is 287 g/mol. The first kappa shape index (κ1) is 15.5. The van der Waals surface area contributed by atoms with Crippen molar-refractivity contribution in [1.29, 1.82) is 0 Å². The summed E-state index contributed by atoms with van der Waals surface area (Å²) in [5.74, 6) is 0.649.